The molecule has 0 fully saturated rings. The maximum atomic E-state index is 2.50. The van der Waals surface area contributed by atoms with Crippen molar-refractivity contribution in [2.24, 2.45) is 0 Å². The predicted molar refractivity (Wildman–Crippen MR) is 107 cm³/mol. The zero-order valence-corrected chi connectivity index (χ0v) is 15.6. The predicted octanol–water partition coefficient (Wildman–Crippen LogP) is 3.94. The summed E-state index contributed by atoms with van der Waals surface area (Å²) in [4.78, 5) is 0. The minimum absolute atomic E-state index is 1.33. The summed E-state index contributed by atoms with van der Waals surface area (Å²) in [6, 6.07) is 37.7. The van der Waals surface area contributed by atoms with Gasteiger partial charge in [0.15, 0.2) is 0 Å². The molecule has 0 saturated heterocycles. The molecule has 0 aromatic heterocycles. The molecule has 0 saturated carbocycles. The summed E-state index contributed by atoms with van der Waals surface area (Å²) < 4.78 is 4.49. The summed E-state index contributed by atoms with van der Waals surface area (Å²) >= 11 is -2.48. The third kappa shape index (κ3) is 2.48. The summed E-state index contributed by atoms with van der Waals surface area (Å²) in [5.41, 5.74) is 2.50. The molecule has 1 radical (unpaired) electrons. The Morgan fingerprint density at radius 3 is 1.62 bits per heavy atom. The number of benzene rings is 4. The first kappa shape index (κ1) is 15.2. The summed E-state index contributed by atoms with van der Waals surface area (Å²) in [5, 5.41) is 2.72. The molecule has 4 rings (SSSR count). The first-order chi connectivity index (χ1) is 11.8. The molecule has 0 N–H and O–H groups in total. The van der Waals surface area contributed by atoms with Crippen LogP contribution in [0.5, 0.6) is 0 Å². The molecule has 0 bridgehead atoms. The van der Waals surface area contributed by atoms with Crippen molar-refractivity contribution in [2.75, 3.05) is 0 Å². The third-order valence-electron chi connectivity index (χ3n) is 4.79. The molecule has 4 aromatic rings. The van der Waals surface area contributed by atoms with Gasteiger partial charge in [0.05, 0.1) is 0 Å². The summed E-state index contributed by atoms with van der Waals surface area (Å²) in [6.45, 7) is 0. The SMILES string of the molecule is C[As](c1ccccc1)(c1ccccc1)c1cccc2ccccc12. The van der Waals surface area contributed by atoms with Gasteiger partial charge in [-0.15, -0.1) is 0 Å². The van der Waals surface area contributed by atoms with Gasteiger partial charge in [-0.2, -0.15) is 0 Å². The van der Waals surface area contributed by atoms with Crippen molar-refractivity contribution in [3.8, 4) is 0 Å². The van der Waals surface area contributed by atoms with Crippen molar-refractivity contribution < 1.29 is 0 Å². The summed E-state index contributed by atoms with van der Waals surface area (Å²) in [6.07, 6.45) is 0. The standard InChI is InChI=1S/C23H20As/c1-24(20-13-4-2-5-14-20,21-15-6-3-7-16-21)23-18-10-12-19-11-8-9-17-22(19)23/h2-18H,1H3. The van der Waals surface area contributed by atoms with Crippen LogP contribution in [0.1, 0.15) is 0 Å². The molecule has 24 heavy (non-hydrogen) atoms. The van der Waals surface area contributed by atoms with Crippen LogP contribution < -0.4 is 13.1 Å². The third-order valence-corrected chi connectivity index (χ3v) is 13.2. The summed E-state index contributed by atoms with van der Waals surface area (Å²) in [5.74, 6) is 0. The number of fused-ring (bicyclic) bond motifs is 1. The van der Waals surface area contributed by atoms with E-state index in [4.69, 9.17) is 0 Å². The second-order valence-corrected chi connectivity index (χ2v) is 13.6. The molecule has 4 aromatic carbocycles. The van der Waals surface area contributed by atoms with Crippen LogP contribution in [0, 0.1) is 0 Å². The fourth-order valence-corrected chi connectivity index (χ4v) is 10.7. The van der Waals surface area contributed by atoms with Gasteiger partial charge in [-0.1, -0.05) is 0 Å². The average Bonchev–Trinajstić information content (AvgIpc) is 2.68. The van der Waals surface area contributed by atoms with E-state index in [1.807, 2.05) is 0 Å². The van der Waals surface area contributed by atoms with Gasteiger partial charge in [0, 0.05) is 0 Å². The summed E-state index contributed by atoms with van der Waals surface area (Å²) in [7, 11) is 0. The van der Waals surface area contributed by atoms with Crippen LogP contribution >= 0.6 is 0 Å². The molecule has 0 amide bonds. The molecule has 0 aliphatic carbocycles. The normalized spacial score (nSPS) is 11.5. The van der Waals surface area contributed by atoms with E-state index in [2.05, 4.69) is 109 Å². The Kier molecular flexibility index (Phi) is 4.00. The molecule has 117 valence electrons. The second kappa shape index (κ2) is 6.30. The number of rotatable bonds is 3. The quantitative estimate of drug-likeness (QED) is 0.479. The maximum absolute atomic E-state index is 2.50. The van der Waals surface area contributed by atoms with E-state index in [0.717, 1.165) is 0 Å². The first-order valence-corrected chi connectivity index (χ1v) is 13.0. The Morgan fingerprint density at radius 1 is 0.500 bits per heavy atom. The molecule has 0 atom stereocenters. The fraction of sp³-hybridized carbons (Fsp3) is 0.0435. The van der Waals surface area contributed by atoms with Crippen LogP contribution in [-0.4, -0.2) is 13.6 Å². The Hall–Kier alpha value is -2.30. The van der Waals surface area contributed by atoms with Gasteiger partial charge < -0.3 is 0 Å². The molecule has 0 aliphatic rings. The average molecular weight is 371 g/mol. The topological polar surface area (TPSA) is 0 Å². The number of hydrogen-bond acceptors (Lipinski definition) is 0. The fourth-order valence-electron chi connectivity index (χ4n) is 3.48. The first-order valence-electron chi connectivity index (χ1n) is 8.26. The Balaban J connectivity index is 2.07. The van der Waals surface area contributed by atoms with Gasteiger partial charge in [0.1, 0.15) is 0 Å². The van der Waals surface area contributed by atoms with Crippen LogP contribution in [0.4, 0.5) is 0 Å². The van der Waals surface area contributed by atoms with E-state index in [1.165, 1.54) is 23.8 Å². The van der Waals surface area contributed by atoms with Crippen LogP contribution in [0.25, 0.3) is 10.8 Å². The molecule has 0 aliphatic heterocycles. The molecule has 1 heteroatoms. The van der Waals surface area contributed by atoms with E-state index in [1.54, 1.807) is 0 Å². The van der Waals surface area contributed by atoms with Gasteiger partial charge in [-0.3, -0.25) is 0 Å². The molecule has 0 unspecified atom stereocenters. The molecular formula is C23H20As. The van der Waals surface area contributed by atoms with E-state index >= 15 is 0 Å². The minimum atomic E-state index is -2.48. The Morgan fingerprint density at radius 2 is 1.00 bits per heavy atom. The van der Waals surface area contributed by atoms with E-state index in [-0.39, 0.29) is 0 Å². The van der Waals surface area contributed by atoms with Crippen molar-refractivity contribution >= 4 is 37.4 Å². The zero-order chi connectivity index (χ0) is 16.4. The van der Waals surface area contributed by atoms with Crippen molar-refractivity contribution in [1.82, 2.24) is 0 Å². The number of hydrogen-bond donors (Lipinski definition) is 0. The van der Waals surface area contributed by atoms with Crippen molar-refractivity contribution in [3.05, 3.63) is 103 Å². The van der Waals surface area contributed by atoms with Gasteiger partial charge >= 0.3 is 146 Å². The Bertz CT molecular complexity index is 914. The Labute approximate surface area is 146 Å². The van der Waals surface area contributed by atoms with Gasteiger partial charge in [0.2, 0.25) is 0 Å². The zero-order valence-electron chi connectivity index (χ0n) is 13.8. The molecule has 0 heterocycles. The van der Waals surface area contributed by atoms with E-state index in [9.17, 15) is 0 Å². The van der Waals surface area contributed by atoms with Crippen molar-refractivity contribution in [3.63, 3.8) is 0 Å². The second-order valence-electron chi connectivity index (χ2n) is 6.18. The monoisotopic (exact) mass is 371 g/mol. The van der Waals surface area contributed by atoms with Gasteiger partial charge in [-0.05, 0) is 0 Å². The molecule has 0 nitrogen and oxygen atoms in total. The van der Waals surface area contributed by atoms with Crippen molar-refractivity contribution in [1.29, 1.82) is 0 Å². The molecular weight excluding hydrogens is 351 g/mol. The van der Waals surface area contributed by atoms with Crippen LogP contribution in [-0.2, 0) is 0 Å². The van der Waals surface area contributed by atoms with Gasteiger partial charge in [-0.25, -0.2) is 0 Å². The van der Waals surface area contributed by atoms with Gasteiger partial charge in [0.25, 0.3) is 0 Å². The van der Waals surface area contributed by atoms with Crippen LogP contribution in [0.15, 0.2) is 103 Å². The van der Waals surface area contributed by atoms with E-state index < -0.39 is 13.6 Å². The van der Waals surface area contributed by atoms with Crippen LogP contribution in [0.3, 0.4) is 0 Å². The van der Waals surface area contributed by atoms with Crippen molar-refractivity contribution in [2.45, 2.75) is 5.71 Å². The van der Waals surface area contributed by atoms with E-state index in [0.29, 0.717) is 0 Å². The van der Waals surface area contributed by atoms with Crippen LogP contribution in [0.2, 0.25) is 5.71 Å². The molecule has 0 spiro atoms.